The van der Waals surface area contributed by atoms with Crippen LogP contribution in [-0.4, -0.2) is 30.2 Å². The van der Waals surface area contributed by atoms with Crippen molar-refractivity contribution in [2.75, 3.05) is 20.3 Å². The summed E-state index contributed by atoms with van der Waals surface area (Å²) >= 11 is 6.04. The number of hydrogen-bond acceptors (Lipinski definition) is 6. The Hall–Kier alpha value is -1.96. The number of benzene rings is 1. The molecule has 112 valence electrons. The second kappa shape index (κ2) is 7.16. The van der Waals surface area contributed by atoms with Gasteiger partial charge in [0.1, 0.15) is 5.56 Å². The van der Waals surface area contributed by atoms with Gasteiger partial charge in [0.25, 0.3) is 5.69 Å². The van der Waals surface area contributed by atoms with Crippen molar-refractivity contribution in [1.29, 1.82) is 0 Å². The highest BCUT2D eigenvalue weighted by Gasteiger charge is 2.21. The zero-order valence-corrected chi connectivity index (χ0v) is 12.1. The first kappa shape index (κ1) is 15.4. The number of nitrogens with zero attached hydrogens (tertiary/aromatic N) is 2. The van der Waals surface area contributed by atoms with Crippen LogP contribution in [0.1, 0.15) is 5.89 Å². The number of nitrogens with one attached hydrogen (secondary N) is 1. The van der Waals surface area contributed by atoms with E-state index in [2.05, 4.69) is 10.3 Å². The molecule has 1 aromatic carbocycles. The number of aromatic nitrogens is 1. The number of halogens is 1. The summed E-state index contributed by atoms with van der Waals surface area (Å²) in [6.07, 6.45) is 1.43. The highest BCUT2D eigenvalue weighted by atomic mass is 35.5. The predicted octanol–water partition coefficient (Wildman–Crippen LogP) is 2.64. The van der Waals surface area contributed by atoms with E-state index in [9.17, 15) is 10.1 Å². The Labute approximate surface area is 126 Å². The summed E-state index contributed by atoms with van der Waals surface area (Å²) in [6.45, 7) is 1.63. The van der Waals surface area contributed by atoms with Gasteiger partial charge in [0.05, 0.1) is 29.3 Å². The first-order valence-electron chi connectivity index (χ1n) is 6.21. The highest BCUT2D eigenvalue weighted by Crippen LogP contribution is 2.36. The van der Waals surface area contributed by atoms with Crippen LogP contribution in [0.5, 0.6) is 0 Å². The van der Waals surface area contributed by atoms with Crippen molar-refractivity contribution in [2.24, 2.45) is 0 Å². The van der Waals surface area contributed by atoms with E-state index >= 15 is 0 Å². The average molecular weight is 312 g/mol. The van der Waals surface area contributed by atoms with Crippen LogP contribution in [0, 0.1) is 10.1 Å². The summed E-state index contributed by atoms with van der Waals surface area (Å²) in [7, 11) is 1.61. The summed E-state index contributed by atoms with van der Waals surface area (Å²) in [4.78, 5) is 14.6. The van der Waals surface area contributed by atoms with E-state index in [-0.39, 0.29) is 22.0 Å². The second-order valence-electron chi connectivity index (χ2n) is 4.18. The Bertz CT molecular complexity index is 630. The lowest BCUT2D eigenvalue weighted by atomic mass is 10.1. The average Bonchev–Trinajstić information content (AvgIpc) is 2.91. The second-order valence-corrected chi connectivity index (χ2v) is 4.59. The van der Waals surface area contributed by atoms with Crippen molar-refractivity contribution in [3.05, 3.63) is 45.4 Å². The molecule has 1 heterocycles. The molecule has 1 aromatic heterocycles. The van der Waals surface area contributed by atoms with Crippen molar-refractivity contribution in [3.63, 3.8) is 0 Å². The maximum absolute atomic E-state index is 11.1. The van der Waals surface area contributed by atoms with E-state index in [1.165, 1.54) is 18.3 Å². The third kappa shape index (κ3) is 3.78. The number of nitro groups is 1. The first-order valence-corrected chi connectivity index (χ1v) is 6.59. The minimum Gasteiger partial charge on any atom is -0.439 e. The van der Waals surface area contributed by atoms with Crippen LogP contribution in [0.25, 0.3) is 11.3 Å². The molecule has 8 heteroatoms. The summed E-state index contributed by atoms with van der Waals surface area (Å²) in [5, 5.41) is 14.4. The van der Waals surface area contributed by atoms with E-state index < -0.39 is 4.92 Å². The Kier molecular flexibility index (Phi) is 5.26. The van der Waals surface area contributed by atoms with E-state index in [4.69, 9.17) is 20.8 Å². The van der Waals surface area contributed by atoms with Crippen LogP contribution in [0.2, 0.25) is 5.02 Å². The number of oxazole rings is 1. The third-order valence-corrected chi connectivity index (χ3v) is 3.06. The molecule has 0 spiro atoms. The lowest BCUT2D eigenvalue weighted by Gasteiger charge is -2.02. The molecule has 0 aliphatic heterocycles. The third-order valence-electron chi connectivity index (χ3n) is 2.75. The van der Waals surface area contributed by atoms with Crippen LogP contribution in [-0.2, 0) is 11.3 Å². The number of nitro benzene ring substituents is 1. The Balaban J connectivity index is 2.20. The molecule has 0 bridgehead atoms. The molecule has 0 unspecified atom stereocenters. The normalized spacial score (nSPS) is 10.8. The molecule has 2 aromatic rings. The summed E-state index contributed by atoms with van der Waals surface area (Å²) in [6, 6.07) is 4.47. The predicted molar refractivity (Wildman–Crippen MR) is 77.2 cm³/mol. The van der Waals surface area contributed by atoms with Gasteiger partial charge in [0.2, 0.25) is 5.89 Å². The van der Waals surface area contributed by atoms with Crippen LogP contribution >= 0.6 is 11.6 Å². The van der Waals surface area contributed by atoms with Gasteiger partial charge < -0.3 is 14.5 Å². The van der Waals surface area contributed by atoms with E-state index in [1.807, 2.05) is 0 Å². The number of methoxy groups -OCH3 is 1. The number of rotatable bonds is 7. The molecule has 0 saturated carbocycles. The maximum Gasteiger partial charge on any atom is 0.281 e. The molecule has 0 saturated heterocycles. The maximum atomic E-state index is 11.1. The molecular formula is C13H14ClN3O4. The van der Waals surface area contributed by atoms with Gasteiger partial charge in [0.15, 0.2) is 5.76 Å². The van der Waals surface area contributed by atoms with E-state index in [0.29, 0.717) is 25.6 Å². The van der Waals surface area contributed by atoms with Gasteiger partial charge in [-0.2, -0.15) is 0 Å². The smallest absolute Gasteiger partial charge is 0.281 e. The fraction of sp³-hybridized carbons (Fsp3) is 0.308. The van der Waals surface area contributed by atoms with Gasteiger partial charge in [-0.25, -0.2) is 4.98 Å². The quantitative estimate of drug-likeness (QED) is 0.480. The largest absolute Gasteiger partial charge is 0.439 e. The Morgan fingerprint density at radius 3 is 3.05 bits per heavy atom. The molecule has 0 amide bonds. The van der Waals surface area contributed by atoms with Crippen LogP contribution < -0.4 is 5.32 Å². The molecular weight excluding hydrogens is 298 g/mol. The molecule has 0 fully saturated rings. The highest BCUT2D eigenvalue weighted by molar-refractivity contribution is 6.33. The topological polar surface area (TPSA) is 90.4 Å². The SMILES string of the molecule is COCCNCc1ncc(-c2c(Cl)cccc2[N+](=O)[O-])o1. The zero-order valence-electron chi connectivity index (χ0n) is 11.3. The number of ether oxygens (including phenoxy) is 1. The molecule has 0 aliphatic carbocycles. The molecule has 0 radical (unpaired) electrons. The van der Waals surface area contributed by atoms with E-state index in [1.54, 1.807) is 13.2 Å². The molecule has 7 nitrogen and oxygen atoms in total. The van der Waals surface area contributed by atoms with Gasteiger partial charge in [-0.1, -0.05) is 17.7 Å². The van der Waals surface area contributed by atoms with Crippen LogP contribution in [0.15, 0.2) is 28.8 Å². The molecule has 1 N–H and O–H groups in total. The van der Waals surface area contributed by atoms with Crippen molar-refractivity contribution in [2.45, 2.75) is 6.54 Å². The van der Waals surface area contributed by atoms with Crippen LogP contribution in [0.3, 0.4) is 0 Å². The zero-order chi connectivity index (χ0) is 15.2. The van der Waals surface area contributed by atoms with Crippen molar-refractivity contribution < 1.29 is 14.1 Å². The monoisotopic (exact) mass is 311 g/mol. The summed E-state index contributed by atoms with van der Waals surface area (Å²) in [5.74, 6) is 0.700. The van der Waals surface area contributed by atoms with Gasteiger partial charge in [-0.05, 0) is 6.07 Å². The lowest BCUT2D eigenvalue weighted by Crippen LogP contribution is -2.18. The van der Waals surface area contributed by atoms with Crippen LogP contribution in [0.4, 0.5) is 5.69 Å². The van der Waals surface area contributed by atoms with Crippen molar-refractivity contribution in [3.8, 4) is 11.3 Å². The molecule has 0 atom stereocenters. The van der Waals surface area contributed by atoms with E-state index in [0.717, 1.165) is 0 Å². The molecule has 21 heavy (non-hydrogen) atoms. The minimum atomic E-state index is -0.500. The van der Waals surface area contributed by atoms with Gasteiger partial charge in [-0.15, -0.1) is 0 Å². The van der Waals surface area contributed by atoms with Gasteiger partial charge >= 0.3 is 0 Å². The van der Waals surface area contributed by atoms with Gasteiger partial charge in [-0.3, -0.25) is 10.1 Å². The molecule has 0 aliphatic rings. The van der Waals surface area contributed by atoms with Crippen molar-refractivity contribution in [1.82, 2.24) is 10.3 Å². The fourth-order valence-electron chi connectivity index (χ4n) is 1.79. The number of hydrogen-bond donors (Lipinski definition) is 1. The summed E-state index contributed by atoms with van der Waals surface area (Å²) in [5.41, 5.74) is 0.123. The minimum absolute atomic E-state index is 0.113. The summed E-state index contributed by atoms with van der Waals surface area (Å²) < 4.78 is 10.4. The molecule has 2 rings (SSSR count). The van der Waals surface area contributed by atoms with Gasteiger partial charge in [0, 0.05) is 19.7 Å². The Morgan fingerprint density at radius 2 is 2.33 bits per heavy atom. The van der Waals surface area contributed by atoms with Crippen molar-refractivity contribution >= 4 is 17.3 Å². The first-order chi connectivity index (χ1) is 10.1. The standard InChI is InChI=1S/C13H14ClN3O4/c1-20-6-5-15-8-12-16-7-11(21-12)13-9(14)3-2-4-10(13)17(18)19/h2-4,7,15H,5-6,8H2,1H3. The lowest BCUT2D eigenvalue weighted by molar-refractivity contribution is -0.384. The fourth-order valence-corrected chi connectivity index (χ4v) is 2.05. The Morgan fingerprint density at radius 1 is 1.52 bits per heavy atom.